The van der Waals surface area contributed by atoms with Crippen LogP contribution in [0.1, 0.15) is 26.7 Å². The number of hydrogen-bond donors (Lipinski definition) is 1. The molecule has 0 bridgehead atoms. The molecule has 0 aliphatic carbocycles. The van der Waals surface area contributed by atoms with E-state index in [9.17, 15) is 12.8 Å². The van der Waals surface area contributed by atoms with Gasteiger partial charge in [0.15, 0.2) is 0 Å². The number of nitrogens with zero attached hydrogens (tertiary/aromatic N) is 1. The van der Waals surface area contributed by atoms with Gasteiger partial charge in [0.1, 0.15) is 5.82 Å². The molecule has 0 unspecified atom stereocenters. The average molecular weight is 381 g/mol. The van der Waals surface area contributed by atoms with E-state index in [2.05, 4.69) is 39.4 Å². The van der Waals surface area contributed by atoms with Crippen molar-refractivity contribution in [1.82, 2.24) is 9.62 Å². The highest BCUT2D eigenvalue weighted by atomic mass is 79.9. The zero-order chi connectivity index (χ0) is 16.0. The predicted octanol–water partition coefficient (Wildman–Crippen LogP) is 2.99. The predicted molar refractivity (Wildman–Crippen MR) is 86.3 cm³/mol. The molecule has 7 heteroatoms. The third-order valence-corrected chi connectivity index (χ3v) is 5.73. The summed E-state index contributed by atoms with van der Waals surface area (Å²) in [6.07, 6.45) is 1.68. The summed E-state index contributed by atoms with van der Waals surface area (Å²) in [5, 5.41) is 0. The molecule has 1 aromatic carbocycles. The van der Waals surface area contributed by atoms with Gasteiger partial charge in [-0.15, -0.1) is 0 Å². The van der Waals surface area contributed by atoms with Gasteiger partial charge >= 0.3 is 0 Å². The van der Waals surface area contributed by atoms with E-state index in [0.717, 1.165) is 31.5 Å². The number of hydrogen-bond acceptors (Lipinski definition) is 3. The van der Waals surface area contributed by atoms with Gasteiger partial charge < -0.3 is 4.90 Å². The minimum Gasteiger partial charge on any atom is -0.304 e. The molecule has 1 N–H and O–H groups in total. The molecule has 0 aliphatic rings. The van der Waals surface area contributed by atoms with E-state index in [0.29, 0.717) is 12.6 Å². The van der Waals surface area contributed by atoms with Crippen LogP contribution in [0.3, 0.4) is 0 Å². The Balaban J connectivity index is 2.47. The third-order valence-electron chi connectivity index (χ3n) is 3.29. The van der Waals surface area contributed by atoms with Crippen molar-refractivity contribution in [3.05, 3.63) is 28.5 Å². The Morgan fingerprint density at radius 3 is 2.57 bits per heavy atom. The molecule has 0 fully saturated rings. The average Bonchev–Trinajstić information content (AvgIpc) is 2.37. The second-order valence-electron chi connectivity index (χ2n) is 5.25. The van der Waals surface area contributed by atoms with E-state index in [-0.39, 0.29) is 9.37 Å². The quantitative estimate of drug-likeness (QED) is 0.705. The van der Waals surface area contributed by atoms with Crippen molar-refractivity contribution in [2.24, 2.45) is 0 Å². The SMILES string of the molecule is CC(C)N(C)CCCCNS(=O)(=O)c1ccc(F)cc1Br. The minimum atomic E-state index is -3.60. The van der Waals surface area contributed by atoms with Crippen LogP contribution in [-0.2, 0) is 10.0 Å². The second-order valence-corrected chi connectivity index (χ2v) is 7.84. The van der Waals surface area contributed by atoms with E-state index < -0.39 is 15.8 Å². The first kappa shape index (κ1) is 18.5. The van der Waals surface area contributed by atoms with Crippen molar-refractivity contribution < 1.29 is 12.8 Å². The van der Waals surface area contributed by atoms with Crippen LogP contribution in [0, 0.1) is 5.82 Å². The molecule has 4 nitrogen and oxygen atoms in total. The van der Waals surface area contributed by atoms with Gasteiger partial charge in [-0.05, 0) is 74.4 Å². The van der Waals surface area contributed by atoms with E-state index >= 15 is 0 Å². The number of nitrogens with one attached hydrogen (secondary N) is 1. The van der Waals surface area contributed by atoms with Crippen LogP contribution < -0.4 is 4.72 Å². The lowest BCUT2D eigenvalue weighted by molar-refractivity contribution is 0.268. The van der Waals surface area contributed by atoms with Gasteiger partial charge in [-0.2, -0.15) is 0 Å². The van der Waals surface area contributed by atoms with Crippen molar-refractivity contribution in [1.29, 1.82) is 0 Å². The molecule has 0 heterocycles. The van der Waals surface area contributed by atoms with Crippen molar-refractivity contribution >= 4 is 26.0 Å². The molecule has 0 radical (unpaired) electrons. The van der Waals surface area contributed by atoms with Crippen LogP contribution in [0.5, 0.6) is 0 Å². The summed E-state index contributed by atoms with van der Waals surface area (Å²) in [4.78, 5) is 2.27. The van der Waals surface area contributed by atoms with Crippen molar-refractivity contribution in [2.75, 3.05) is 20.1 Å². The molecule has 0 saturated heterocycles. The van der Waals surface area contributed by atoms with E-state index in [1.165, 1.54) is 6.07 Å². The van der Waals surface area contributed by atoms with Gasteiger partial charge in [-0.25, -0.2) is 17.5 Å². The highest BCUT2D eigenvalue weighted by molar-refractivity contribution is 9.10. The fourth-order valence-electron chi connectivity index (χ4n) is 1.72. The Morgan fingerprint density at radius 1 is 1.33 bits per heavy atom. The molecule has 1 rings (SSSR count). The third kappa shape index (κ3) is 6.02. The lowest BCUT2D eigenvalue weighted by Gasteiger charge is -2.20. The Bertz CT molecular complexity index is 564. The van der Waals surface area contributed by atoms with E-state index in [4.69, 9.17) is 0 Å². The van der Waals surface area contributed by atoms with Crippen LogP contribution in [0.25, 0.3) is 0 Å². The number of sulfonamides is 1. The summed E-state index contributed by atoms with van der Waals surface area (Å²) in [7, 11) is -1.56. The maximum atomic E-state index is 13.0. The molecule has 0 aliphatic heterocycles. The second kappa shape index (κ2) is 8.22. The lowest BCUT2D eigenvalue weighted by Crippen LogP contribution is -2.29. The van der Waals surface area contributed by atoms with Gasteiger partial charge in [-0.1, -0.05) is 0 Å². The molecule has 120 valence electrons. The standard InChI is InChI=1S/C14H22BrFN2O2S/c1-11(2)18(3)9-5-4-8-17-21(19,20)14-7-6-12(16)10-13(14)15/h6-7,10-11,17H,4-5,8-9H2,1-3H3. The first-order valence-corrected chi connectivity index (χ1v) is 9.16. The summed E-state index contributed by atoms with van der Waals surface area (Å²) in [5.41, 5.74) is 0. The molecule has 0 aromatic heterocycles. The fraction of sp³-hybridized carbons (Fsp3) is 0.571. The van der Waals surface area contributed by atoms with E-state index in [1.807, 2.05) is 7.05 Å². The van der Waals surface area contributed by atoms with Gasteiger partial charge in [0.2, 0.25) is 10.0 Å². The monoisotopic (exact) mass is 380 g/mol. The number of benzene rings is 1. The van der Waals surface area contributed by atoms with Crippen molar-refractivity contribution in [2.45, 2.75) is 37.6 Å². The normalized spacial score (nSPS) is 12.3. The van der Waals surface area contributed by atoms with Gasteiger partial charge in [0.05, 0.1) is 4.90 Å². The molecule has 1 aromatic rings. The summed E-state index contributed by atoms with van der Waals surface area (Å²) < 4.78 is 39.9. The van der Waals surface area contributed by atoms with Crippen LogP contribution in [0.2, 0.25) is 0 Å². The Morgan fingerprint density at radius 2 is 2.00 bits per heavy atom. The van der Waals surface area contributed by atoms with Gasteiger partial charge in [-0.3, -0.25) is 0 Å². The topological polar surface area (TPSA) is 49.4 Å². The number of halogens is 2. The first-order valence-electron chi connectivity index (χ1n) is 6.89. The Hall–Kier alpha value is -0.500. The fourth-order valence-corrected chi connectivity index (χ4v) is 3.84. The van der Waals surface area contributed by atoms with Crippen molar-refractivity contribution in [3.8, 4) is 0 Å². The zero-order valence-corrected chi connectivity index (χ0v) is 15.0. The lowest BCUT2D eigenvalue weighted by atomic mass is 10.2. The minimum absolute atomic E-state index is 0.0585. The Labute approximate surface area is 134 Å². The first-order chi connectivity index (χ1) is 9.74. The van der Waals surface area contributed by atoms with Crippen LogP contribution in [0.4, 0.5) is 4.39 Å². The highest BCUT2D eigenvalue weighted by Gasteiger charge is 2.17. The van der Waals surface area contributed by atoms with Crippen molar-refractivity contribution in [3.63, 3.8) is 0 Å². The summed E-state index contributed by atoms with van der Waals surface area (Å²) in [6.45, 7) is 5.54. The summed E-state index contributed by atoms with van der Waals surface area (Å²) in [5.74, 6) is -0.474. The Kier molecular flexibility index (Phi) is 7.26. The molecule has 0 saturated carbocycles. The van der Waals surface area contributed by atoms with Gasteiger partial charge in [0, 0.05) is 17.1 Å². The van der Waals surface area contributed by atoms with Gasteiger partial charge in [0.25, 0.3) is 0 Å². The largest absolute Gasteiger partial charge is 0.304 e. The number of rotatable bonds is 8. The van der Waals surface area contributed by atoms with E-state index in [1.54, 1.807) is 0 Å². The molecular formula is C14H22BrFN2O2S. The van der Waals surface area contributed by atoms with Crippen LogP contribution in [0.15, 0.2) is 27.6 Å². The highest BCUT2D eigenvalue weighted by Crippen LogP contribution is 2.22. The molecule has 0 spiro atoms. The maximum absolute atomic E-state index is 13.0. The maximum Gasteiger partial charge on any atom is 0.241 e. The van der Waals surface area contributed by atoms with Crippen LogP contribution >= 0.6 is 15.9 Å². The molecule has 21 heavy (non-hydrogen) atoms. The zero-order valence-electron chi connectivity index (χ0n) is 12.6. The smallest absolute Gasteiger partial charge is 0.241 e. The molecule has 0 atom stereocenters. The molecular weight excluding hydrogens is 359 g/mol. The molecule has 0 amide bonds. The summed E-state index contributed by atoms with van der Waals surface area (Å²) in [6, 6.07) is 4.02. The number of unbranched alkanes of at least 4 members (excludes halogenated alkanes) is 1. The van der Waals surface area contributed by atoms with Crippen LogP contribution in [-0.4, -0.2) is 39.5 Å². The summed E-state index contributed by atoms with van der Waals surface area (Å²) >= 11 is 3.07.